The van der Waals surface area contributed by atoms with Gasteiger partial charge in [0.05, 0.1) is 17.8 Å². The molecule has 1 heterocycles. The average molecular weight is 250 g/mol. The van der Waals surface area contributed by atoms with E-state index in [1.807, 2.05) is 0 Å². The smallest absolute Gasteiger partial charge is 0.252 e. The van der Waals surface area contributed by atoms with Crippen molar-refractivity contribution in [3.63, 3.8) is 0 Å². The fourth-order valence-electron chi connectivity index (χ4n) is 0.993. The molecule has 0 aromatic carbocycles. The number of nitrogens with one attached hydrogen (secondary N) is 1. The summed E-state index contributed by atoms with van der Waals surface area (Å²) in [6.07, 6.45) is 1.87. The standard InChI is InChI=1S/C8H14N2O3S2/c1-3-7(5-11)10-15(12,13)8-4-9-6(2)14-8/h4,7,10-11H,3,5H2,1-2H3/t7-/m0/s1. The molecule has 0 aliphatic rings. The van der Waals surface area contributed by atoms with Crippen LogP contribution in [0.4, 0.5) is 0 Å². The van der Waals surface area contributed by atoms with Gasteiger partial charge in [0.15, 0.2) is 4.21 Å². The number of thiazole rings is 1. The molecular formula is C8H14N2O3S2. The molecule has 0 radical (unpaired) electrons. The van der Waals surface area contributed by atoms with E-state index >= 15 is 0 Å². The number of aryl methyl sites for hydroxylation is 1. The molecule has 0 saturated carbocycles. The van der Waals surface area contributed by atoms with Gasteiger partial charge in [0.1, 0.15) is 0 Å². The third-order valence-electron chi connectivity index (χ3n) is 1.90. The first-order valence-corrected chi connectivity index (χ1v) is 6.85. The quantitative estimate of drug-likeness (QED) is 0.797. The highest BCUT2D eigenvalue weighted by Crippen LogP contribution is 2.17. The molecule has 1 atom stereocenters. The molecule has 1 rings (SSSR count). The van der Waals surface area contributed by atoms with Crippen LogP contribution in [0.3, 0.4) is 0 Å². The Morgan fingerprint density at radius 2 is 2.33 bits per heavy atom. The van der Waals surface area contributed by atoms with Crippen LogP contribution >= 0.6 is 11.3 Å². The van der Waals surface area contributed by atoms with Crippen molar-refractivity contribution in [2.75, 3.05) is 6.61 Å². The summed E-state index contributed by atoms with van der Waals surface area (Å²) < 4.78 is 26.0. The summed E-state index contributed by atoms with van der Waals surface area (Å²) in [5, 5.41) is 9.60. The van der Waals surface area contributed by atoms with E-state index in [4.69, 9.17) is 5.11 Å². The molecule has 0 unspecified atom stereocenters. The Morgan fingerprint density at radius 1 is 1.67 bits per heavy atom. The topological polar surface area (TPSA) is 79.3 Å². The van der Waals surface area contributed by atoms with Gasteiger partial charge in [-0.15, -0.1) is 11.3 Å². The van der Waals surface area contributed by atoms with E-state index < -0.39 is 16.1 Å². The first-order chi connectivity index (χ1) is 6.99. The summed E-state index contributed by atoms with van der Waals surface area (Å²) in [5.74, 6) is 0. The van der Waals surface area contributed by atoms with E-state index in [1.165, 1.54) is 6.20 Å². The second-order valence-electron chi connectivity index (χ2n) is 3.11. The van der Waals surface area contributed by atoms with E-state index in [0.29, 0.717) is 11.4 Å². The number of sulfonamides is 1. The van der Waals surface area contributed by atoms with Gasteiger partial charge in [-0.25, -0.2) is 18.1 Å². The minimum Gasteiger partial charge on any atom is -0.395 e. The second kappa shape index (κ2) is 5.02. The second-order valence-corrected chi connectivity index (χ2v) is 6.28. The first kappa shape index (κ1) is 12.6. The summed E-state index contributed by atoms with van der Waals surface area (Å²) in [7, 11) is -3.52. The van der Waals surface area contributed by atoms with Crippen LogP contribution in [-0.4, -0.2) is 31.2 Å². The predicted molar refractivity (Wildman–Crippen MR) is 58.3 cm³/mol. The van der Waals surface area contributed by atoms with Gasteiger partial charge in [-0.1, -0.05) is 6.92 Å². The maximum atomic E-state index is 11.7. The Balaban J connectivity index is 2.84. The molecule has 0 saturated heterocycles. The van der Waals surface area contributed by atoms with E-state index in [-0.39, 0.29) is 10.8 Å². The van der Waals surface area contributed by atoms with Crippen LogP contribution in [0.2, 0.25) is 0 Å². The van der Waals surface area contributed by atoms with E-state index in [9.17, 15) is 8.42 Å². The molecule has 1 aromatic heterocycles. The van der Waals surface area contributed by atoms with Gasteiger partial charge in [0.25, 0.3) is 10.0 Å². The summed E-state index contributed by atoms with van der Waals surface area (Å²) in [4.78, 5) is 3.88. The highest BCUT2D eigenvalue weighted by atomic mass is 32.2. The number of aliphatic hydroxyl groups excluding tert-OH is 1. The molecule has 0 aliphatic carbocycles. The fourth-order valence-corrected chi connectivity index (χ4v) is 3.43. The summed E-state index contributed by atoms with van der Waals surface area (Å²) in [6, 6.07) is -0.433. The monoisotopic (exact) mass is 250 g/mol. The average Bonchev–Trinajstić information content (AvgIpc) is 2.62. The Bertz CT molecular complexity index is 409. The van der Waals surface area contributed by atoms with Crippen molar-refractivity contribution in [3.05, 3.63) is 11.2 Å². The van der Waals surface area contributed by atoms with Crippen molar-refractivity contribution in [2.24, 2.45) is 0 Å². The SMILES string of the molecule is CC[C@@H](CO)NS(=O)(=O)c1cnc(C)s1. The first-order valence-electron chi connectivity index (χ1n) is 4.55. The Hall–Kier alpha value is -0.500. The molecule has 0 bridgehead atoms. The third-order valence-corrected chi connectivity index (χ3v) is 4.79. The van der Waals surface area contributed by atoms with Gasteiger partial charge in [0, 0.05) is 6.04 Å². The van der Waals surface area contributed by atoms with Crippen LogP contribution < -0.4 is 4.72 Å². The Labute approximate surface area is 93.2 Å². The molecule has 0 spiro atoms. The highest BCUT2D eigenvalue weighted by Gasteiger charge is 2.20. The Kier molecular flexibility index (Phi) is 4.21. The summed E-state index contributed by atoms with van der Waals surface area (Å²) >= 11 is 1.11. The van der Waals surface area contributed by atoms with Gasteiger partial charge in [0.2, 0.25) is 0 Å². The summed E-state index contributed by atoms with van der Waals surface area (Å²) in [6.45, 7) is 3.35. The van der Waals surface area contributed by atoms with Crippen molar-refractivity contribution in [1.29, 1.82) is 0 Å². The lowest BCUT2D eigenvalue weighted by molar-refractivity contribution is 0.254. The number of aromatic nitrogens is 1. The van der Waals surface area contributed by atoms with Crippen LogP contribution in [0.15, 0.2) is 10.4 Å². The van der Waals surface area contributed by atoms with Crippen molar-refractivity contribution in [3.8, 4) is 0 Å². The van der Waals surface area contributed by atoms with E-state index in [0.717, 1.165) is 11.3 Å². The van der Waals surface area contributed by atoms with Crippen LogP contribution in [0.5, 0.6) is 0 Å². The Morgan fingerprint density at radius 3 is 2.73 bits per heavy atom. The molecule has 86 valence electrons. The van der Waals surface area contributed by atoms with Gasteiger partial charge < -0.3 is 5.11 Å². The van der Waals surface area contributed by atoms with Crippen LogP contribution in [0.1, 0.15) is 18.4 Å². The molecule has 7 heteroatoms. The molecule has 1 aromatic rings. The maximum absolute atomic E-state index is 11.7. The molecule has 0 amide bonds. The van der Waals surface area contributed by atoms with Crippen LogP contribution in [0.25, 0.3) is 0 Å². The number of hydrogen-bond acceptors (Lipinski definition) is 5. The van der Waals surface area contributed by atoms with Crippen molar-refractivity contribution in [2.45, 2.75) is 30.5 Å². The van der Waals surface area contributed by atoms with Gasteiger partial charge >= 0.3 is 0 Å². The van der Waals surface area contributed by atoms with Gasteiger partial charge in [-0.3, -0.25) is 0 Å². The van der Waals surface area contributed by atoms with E-state index in [1.54, 1.807) is 13.8 Å². The lowest BCUT2D eigenvalue weighted by Gasteiger charge is -2.12. The minimum absolute atomic E-state index is 0.187. The number of nitrogens with zero attached hydrogens (tertiary/aromatic N) is 1. The fraction of sp³-hybridized carbons (Fsp3) is 0.625. The number of hydrogen-bond donors (Lipinski definition) is 2. The molecule has 0 fully saturated rings. The molecule has 2 N–H and O–H groups in total. The zero-order valence-corrected chi connectivity index (χ0v) is 10.2. The normalized spacial score (nSPS) is 14.1. The van der Waals surface area contributed by atoms with Crippen molar-refractivity contribution < 1.29 is 13.5 Å². The molecule has 0 aliphatic heterocycles. The number of aliphatic hydroxyl groups is 1. The largest absolute Gasteiger partial charge is 0.395 e. The lowest BCUT2D eigenvalue weighted by Crippen LogP contribution is -2.36. The lowest BCUT2D eigenvalue weighted by atomic mass is 10.3. The molecule has 5 nitrogen and oxygen atoms in total. The van der Waals surface area contributed by atoms with Crippen LogP contribution in [0, 0.1) is 6.92 Å². The highest BCUT2D eigenvalue weighted by molar-refractivity contribution is 7.91. The molecule has 15 heavy (non-hydrogen) atoms. The summed E-state index contributed by atoms with van der Waals surface area (Å²) in [5.41, 5.74) is 0. The van der Waals surface area contributed by atoms with Crippen molar-refractivity contribution >= 4 is 21.4 Å². The third kappa shape index (κ3) is 3.23. The zero-order valence-electron chi connectivity index (χ0n) is 8.60. The zero-order chi connectivity index (χ0) is 11.5. The molecular weight excluding hydrogens is 236 g/mol. The van der Waals surface area contributed by atoms with Crippen molar-refractivity contribution in [1.82, 2.24) is 9.71 Å². The van der Waals surface area contributed by atoms with Gasteiger partial charge in [-0.05, 0) is 13.3 Å². The van der Waals surface area contributed by atoms with Gasteiger partial charge in [-0.2, -0.15) is 0 Å². The maximum Gasteiger partial charge on any atom is 0.252 e. The van der Waals surface area contributed by atoms with E-state index in [2.05, 4.69) is 9.71 Å². The minimum atomic E-state index is -3.52. The van der Waals surface area contributed by atoms with Crippen LogP contribution in [-0.2, 0) is 10.0 Å². The number of rotatable bonds is 5. The predicted octanol–water partition coefficient (Wildman–Crippen LogP) is 0.501.